The summed E-state index contributed by atoms with van der Waals surface area (Å²) in [4.78, 5) is 28.7. The summed E-state index contributed by atoms with van der Waals surface area (Å²) in [7, 11) is 0. The number of carbonyl (C=O) groups excluding carboxylic acids is 2. The number of nitrogens with one attached hydrogen (secondary N) is 3. The number of nitrogens with two attached hydrogens (primary N) is 1. The second kappa shape index (κ2) is 9.05. The molecule has 1 heterocycles. The number of hydrogen-bond acceptors (Lipinski definition) is 6. The number of aryl methyl sites for hydroxylation is 1. The minimum atomic E-state index is -0.271. The van der Waals surface area contributed by atoms with E-state index in [1.807, 2.05) is 31.2 Å². The standard InChI is InChI=1S/C19H20N6O2S/c1-12-6-8-13(9-7-12)10-21-17(27)14-4-2-3-5-15(14)22-16(26)11-28-19-23-18(20)24-25-19/h2-9H,10-11H2,1H3,(H,21,27)(H,22,26)(H3,20,23,24,25). The van der Waals surface area contributed by atoms with Gasteiger partial charge in [-0.2, -0.15) is 4.98 Å². The first-order chi connectivity index (χ1) is 13.5. The summed E-state index contributed by atoms with van der Waals surface area (Å²) in [5, 5.41) is 12.4. The number of hydrogen-bond donors (Lipinski definition) is 4. The zero-order valence-corrected chi connectivity index (χ0v) is 16.0. The Balaban J connectivity index is 1.59. The maximum absolute atomic E-state index is 12.6. The lowest BCUT2D eigenvalue weighted by Crippen LogP contribution is -2.25. The highest BCUT2D eigenvalue weighted by molar-refractivity contribution is 7.99. The number of thioether (sulfide) groups is 1. The molecule has 8 nitrogen and oxygen atoms in total. The molecule has 5 N–H and O–H groups in total. The number of aromatic nitrogens is 3. The van der Waals surface area contributed by atoms with Gasteiger partial charge in [0.05, 0.1) is 17.0 Å². The molecule has 0 aliphatic rings. The van der Waals surface area contributed by atoms with Crippen molar-refractivity contribution in [1.82, 2.24) is 20.5 Å². The number of amides is 2. The van der Waals surface area contributed by atoms with Crippen LogP contribution in [0, 0.1) is 6.92 Å². The van der Waals surface area contributed by atoms with Crippen molar-refractivity contribution in [2.75, 3.05) is 16.8 Å². The van der Waals surface area contributed by atoms with Gasteiger partial charge in [-0.25, -0.2) is 5.10 Å². The van der Waals surface area contributed by atoms with Crippen molar-refractivity contribution in [3.8, 4) is 0 Å². The van der Waals surface area contributed by atoms with Crippen molar-refractivity contribution >= 4 is 35.2 Å². The second-order valence-corrected chi connectivity index (χ2v) is 7.00. The molecule has 3 rings (SSSR count). The Labute approximate surface area is 166 Å². The van der Waals surface area contributed by atoms with E-state index in [4.69, 9.17) is 5.73 Å². The highest BCUT2D eigenvalue weighted by Gasteiger charge is 2.14. The van der Waals surface area contributed by atoms with Gasteiger partial charge in [0.2, 0.25) is 17.0 Å². The van der Waals surface area contributed by atoms with Gasteiger partial charge in [-0.3, -0.25) is 9.59 Å². The molecule has 0 spiro atoms. The van der Waals surface area contributed by atoms with Crippen molar-refractivity contribution < 1.29 is 9.59 Å². The maximum atomic E-state index is 12.6. The molecule has 28 heavy (non-hydrogen) atoms. The Bertz CT molecular complexity index is 971. The molecule has 144 valence electrons. The molecular formula is C19H20N6O2S. The number of carbonyl (C=O) groups is 2. The molecule has 0 aliphatic carbocycles. The molecular weight excluding hydrogens is 376 g/mol. The minimum absolute atomic E-state index is 0.0939. The molecule has 2 aromatic carbocycles. The van der Waals surface area contributed by atoms with Crippen molar-refractivity contribution in [3.63, 3.8) is 0 Å². The molecule has 0 saturated carbocycles. The van der Waals surface area contributed by atoms with Gasteiger partial charge < -0.3 is 16.4 Å². The molecule has 2 amide bonds. The number of rotatable bonds is 7. The van der Waals surface area contributed by atoms with Crippen LogP contribution >= 0.6 is 11.8 Å². The summed E-state index contributed by atoms with van der Waals surface area (Å²) in [5.41, 5.74) is 8.46. The van der Waals surface area contributed by atoms with Gasteiger partial charge in [0, 0.05) is 6.54 Å². The smallest absolute Gasteiger partial charge is 0.253 e. The van der Waals surface area contributed by atoms with Crippen LogP contribution in [0.1, 0.15) is 21.5 Å². The van der Waals surface area contributed by atoms with Crippen molar-refractivity contribution in [3.05, 3.63) is 65.2 Å². The predicted octanol–water partition coefficient (Wildman–Crippen LogP) is 2.36. The van der Waals surface area contributed by atoms with Gasteiger partial charge in [-0.15, -0.1) is 5.10 Å². The molecule has 0 fully saturated rings. The monoisotopic (exact) mass is 396 g/mol. The van der Waals surface area contributed by atoms with E-state index in [0.29, 0.717) is 23.0 Å². The molecule has 0 bridgehead atoms. The second-order valence-electron chi connectivity index (χ2n) is 6.05. The van der Waals surface area contributed by atoms with E-state index >= 15 is 0 Å². The third-order valence-electron chi connectivity index (χ3n) is 3.83. The summed E-state index contributed by atoms with van der Waals surface area (Å²) in [5.74, 6) is -0.243. The van der Waals surface area contributed by atoms with Crippen LogP contribution in [0.5, 0.6) is 0 Å². The summed E-state index contributed by atoms with van der Waals surface area (Å²) in [6.45, 7) is 2.42. The topological polar surface area (TPSA) is 126 Å². The van der Waals surface area contributed by atoms with Gasteiger partial charge in [0.1, 0.15) is 0 Å². The number of H-pyrrole nitrogens is 1. The lowest BCUT2D eigenvalue weighted by atomic mass is 10.1. The van der Waals surface area contributed by atoms with E-state index in [1.54, 1.807) is 24.3 Å². The molecule has 0 radical (unpaired) electrons. The van der Waals surface area contributed by atoms with E-state index in [2.05, 4.69) is 25.8 Å². The highest BCUT2D eigenvalue weighted by atomic mass is 32.2. The summed E-state index contributed by atoms with van der Waals surface area (Å²) >= 11 is 1.15. The van der Waals surface area contributed by atoms with Gasteiger partial charge in [-0.05, 0) is 24.6 Å². The van der Waals surface area contributed by atoms with Crippen LogP contribution in [0.3, 0.4) is 0 Å². The molecule has 0 saturated heterocycles. The Kier molecular flexibility index (Phi) is 6.28. The number of nitrogens with zero attached hydrogens (tertiary/aromatic N) is 2. The Morgan fingerprint density at radius 1 is 1.14 bits per heavy atom. The lowest BCUT2D eigenvalue weighted by Gasteiger charge is -2.11. The Morgan fingerprint density at radius 3 is 2.61 bits per heavy atom. The quantitative estimate of drug-likeness (QED) is 0.454. The van der Waals surface area contributed by atoms with Crippen molar-refractivity contribution in [2.24, 2.45) is 0 Å². The normalized spacial score (nSPS) is 10.5. The largest absolute Gasteiger partial charge is 0.368 e. The average Bonchev–Trinajstić information content (AvgIpc) is 3.11. The third kappa shape index (κ3) is 5.34. The van der Waals surface area contributed by atoms with Gasteiger partial charge in [0.15, 0.2) is 0 Å². The summed E-state index contributed by atoms with van der Waals surface area (Å²) < 4.78 is 0. The molecule has 0 unspecified atom stereocenters. The zero-order chi connectivity index (χ0) is 19.9. The number of nitrogen functional groups attached to an aromatic ring is 1. The first-order valence-corrected chi connectivity index (χ1v) is 9.53. The van der Waals surface area contributed by atoms with Gasteiger partial charge in [-0.1, -0.05) is 53.7 Å². The van der Waals surface area contributed by atoms with Crippen LogP contribution in [0.4, 0.5) is 11.6 Å². The number of para-hydroxylation sites is 1. The van der Waals surface area contributed by atoms with E-state index in [0.717, 1.165) is 22.9 Å². The first kappa shape index (κ1) is 19.4. The minimum Gasteiger partial charge on any atom is -0.368 e. The van der Waals surface area contributed by atoms with Crippen molar-refractivity contribution in [1.29, 1.82) is 0 Å². The van der Waals surface area contributed by atoms with Crippen LogP contribution in [0.25, 0.3) is 0 Å². The van der Waals surface area contributed by atoms with E-state index < -0.39 is 0 Å². The fourth-order valence-electron chi connectivity index (χ4n) is 2.41. The molecule has 0 atom stereocenters. The van der Waals surface area contributed by atoms with Gasteiger partial charge >= 0.3 is 0 Å². The molecule has 9 heteroatoms. The number of anilines is 2. The molecule has 1 aromatic heterocycles. The summed E-state index contributed by atoms with van der Waals surface area (Å²) in [6, 6.07) is 14.8. The zero-order valence-electron chi connectivity index (χ0n) is 15.2. The molecule has 3 aromatic rings. The van der Waals surface area contributed by atoms with Crippen LogP contribution in [0.2, 0.25) is 0 Å². The van der Waals surface area contributed by atoms with Crippen LogP contribution in [0.15, 0.2) is 53.7 Å². The van der Waals surface area contributed by atoms with Crippen molar-refractivity contribution in [2.45, 2.75) is 18.6 Å². The molecule has 0 aliphatic heterocycles. The highest BCUT2D eigenvalue weighted by Crippen LogP contribution is 2.17. The van der Waals surface area contributed by atoms with E-state index in [1.165, 1.54) is 0 Å². The fourth-order valence-corrected chi connectivity index (χ4v) is 3.02. The predicted molar refractivity (Wildman–Crippen MR) is 109 cm³/mol. The SMILES string of the molecule is Cc1ccc(CNC(=O)c2ccccc2NC(=O)CSc2n[nH]c(N)n2)cc1. The van der Waals surface area contributed by atoms with E-state index in [-0.39, 0.29) is 23.5 Å². The van der Waals surface area contributed by atoms with Gasteiger partial charge in [0.25, 0.3) is 5.91 Å². The Morgan fingerprint density at radius 2 is 1.89 bits per heavy atom. The Hall–Kier alpha value is -3.33. The van der Waals surface area contributed by atoms with Crippen LogP contribution in [-0.4, -0.2) is 32.7 Å². The number of aromatic amines is 1. The maximum Gasteiger partial charge on any atom is 0.253 e. The lowest BCUT2D eigenvalue weighted by molar-refractivity contribution is -0.113. The van der Waals surface area contributed by atoms with Crippen LogP contribution in [-0.2, 0) is 11.3 Å². The fraction of sp³-hybridized carbons (Fsp3) is 0.158. The summed E-state index contributed by atoms with van der Waals surface area (Å²) in [6.07, 6.45) is 0. The third-order valence-corrected chi connectivity index (χ3v) is 4.68. The van der Waals surface area contributed by atoms with Crippen LogP contribution < -0.4 is 16.4 Å². The first-order valence-electron chi connectivity index (χ1n) is 8.54. The average molecular weight is 396 g/mol. The number of benzene rings is 2. The van der Waals surface area contributed by atoms with E-state index in [9.17, 15) is 9.59 Å².